The van der Waals surface area contributed by atoms with Crippen molar-refractivity contribution in [2.75, 3.05) is 4.72 Å². The van der Waals surface area contributed by atoms with Crippen LogP contribution in [-0.4, -0.2) is 8.42 Å². The van der Waals surface area contributed by atoms with Gasteiger partial charge >= 0.3 is 5.63 Å². The molecular formula is C15H8BrCl2NO4S. The quantitative estimate of drug-likeness (QED) is 0.591. The van der Waals surface area contributed by atoms with Crippen LogP contribution >= 0.6 is 39.1 Å². The zero-order valence-corrected chi connectivity index (χ0v) is 15.6. The lowest BCUT2D eigenvalue weighted by Crippen LogP contribution is -2.13. The zero-order valence-electron chi connectivity index (χ0n) is 11.7. The number of halogens is 3. The van der Waals surface area contributed by atoms with Gasteiger partial charge in [-0.3, -0.25) is 4.72 Å². The van der Waals surface area contributed by atoms with Crippen LogP contribution in [0.25, 0.3) is 11.0 Å². The first-order valence-corrected chi connectivity index (χ1v) is 9.51. The molecule has 0 aliphatic heterocycles. The first-order chi connectivity index (χ1) is 11.3. The fraction of sp³-hybridized carbons (Fsp3) is 0. The molecule has 0 saturated heterocycles. The van der Waals surface area contributed by atoms with Crippen molar-refractivity contribution < 1.29 is 12.8 Å². The van der Waals surface area contributed by atoms with Gasteiger partial charge in [-0.15, -0.1) is 0 Å². The van der Waals surface area contributed by atoms with E-state index >= 15 is 0 Å². The third kappa shape index (κ3) is 3.44. The minimum absolute atomic E-state index is 0.0166. The molecule has 124 valence electrons. The van der Waals surface area contributed by atoms with Gasteiger partial charge in [0.2, 0.25) is 0 Å². The van der Waals surface area contributed by atoms with E-state index in [1.807, 2.05) is 0 Å². The molecule has 1 N–H and O–H groups in total. The molecule has 0 radical (unpaired) electrons. The monoisotopic (exact) mass is 447 g/mol. The number of benzene rings is 2. The Kier molecular flexibility index (Phi) is 4.61. The lowest BCUT2D eigenvalue weighted by Gasteiger charge is -2.10. The van der Waals surface area contributed by atoms with E-state index in [0.717, 1.165) is 0 Å². The smallest absolute Gasteiger partial charge is 0.337 e. The highest BCUT2D eigenvalue weighted by atomic mass is 79.9. The second-order valence-corrected chi connectivity index (χ2v) is 8.15. The van der Waals surface area contributed by atoms with E-state index in [9.17, 15) is 13.2 Å². The number of fused-ring (bicyclic) bond motifs is 1. The van der Waals surface area contributed by atoms with Crippen molar-refractivity contribution >= 4 is 65.8 Å². The summed E-state index contributed by atoms with van der Waals surface area (Å²) in [5.41, 5.74) is 0.126. The molecule has 5 nitrogen and oxygen atoms in total. The molecule has 0 atom stereocenters. The van der Waals surface area contributed by atoms with E-state index in [4.69, 9.17) is 27.6 Å². The van der Waals surface area contributed by atoms with Gasteiger partial charge in [-0.1, -0.05) is 23.2 Å². The number of anilines is 1. The number of hydrogen-bond acceptors (Lipinski definition) is 4. The second-order valence-electron chi connectivity index (χ2n) is 4.80. The van der Waals surface area contributed by atoms with Crippen molar-refractivity contribution in [3.63, 3.8) is 0 Å². The molecule has 3 rings (SSSR count). The molecule has 0 bridgehead atoms. The van der Waals surface area contributed by atoms with E-state index in [2.05, 4.69) is 20.7 Å². The van der Waals surface area contributed by atoms with Crippen LogP contribution in [0.15, 0.2) is 61.0 Å². The van der Waals surface area contributed by atoms with Gasteiger partial charge in [0.15, 0.2) is 0 Å². The normalized spacial score (nSPS) is 11.6. The highest BCUT2D eigenvalue weighted by Gasteiger charge is 2.18. The minimum Gasteiger partial charge on any atom is -0.423 e. The summed E-state index contributed by atoms with van der Waals surface area (Å²) in [5.74, 6) is 0. The van der Waals surface area contributed by atoms with Crippen molar-refractivity contribution in [2.24, 2.45) is 0 Å². The summed E-state index contributed by atoms with van der Waals surface area (Å²) in [6.45, 7) is 0. The summed E-state index contributed by atoms with van der Waals surface area (Å²) in [7, 11) is -3.90. The topological polar surface area (TPSA) is 76.4 Å². The fourth-order valence-corrected chi connectivity index (χ4v) is 4.41. The Hall–Kier alpha value is -1.54. The summed E-state index contributed by atoms with van der Waals surface area (Å²) >= 11 is 15.0. The molecule has 9 heteroatoms. The predicted molar refractivity (Wildman–Crippen MR) is 97.5 cm³/mol. The maximum absolute atomic E-state index is 12.5. The van der Waals surface area contributed by atoms with Crippen molar-refractivity contribution in [2.45, 2.75) is 4.90 Å². The summed E-state index contributed by atoms with van der Waals surface area (Å²) in [6.07, 6.45) is 0. The number of hydrogen-bond donors (Lipinski definition) is 1. The maximum Gasteiger partial charge on any atom is 0.337 e. The summed E-state index contributed by atoms with van der Waals surface area (Å²) in [6, 6.07) is 9.91. The molecule has 0 amide bonds. The van der Waals surface area contributed by atoms with Gasteiger partial charge in [0.25, 0.3) is 10.0 Å². The van der Waals surface area contributed by atoms with Crippen molar-refractivity contribution in [1.82, 2.24) is 0 Å². The minimum atomic E-state index is -3.90. The molecule has 3 aromatic rings. The molecule has 0 spiro atoms. The lowest BCUT2D eigenvalue weighted by atomic mass is 10.2. The Morgan fingerprint density at radius 1 is 1.04 bits per heavy atom. The van der Waals surface area contributed by atoms with Crippen LogP contribution in [0.4, 0.5) is 5.69 Å². The molecule has 24 heavy (non-hydrogen) atoms. The van der Waals surface area contributed by atoms with Crippen molar-refractivity contribution in [1.29, 1.82) is 0 Å². The molecule has 0 aliphatic rings. The molecule has 1 aromatic heterocycles. The average molecular weight is 449 g/mol. The van der Waals surface area contributed by atoms with Crippen LogP contribution < -0.4 is 10.3 Å². The van der Waals surface area contributed by atoms with Crippen LogP contribution in [0.3, 0.4) is 0 Å². The molecule has 0 unspecified atom stereocenters. The Morgan fingerprint density at radius 3 is 2.50 bits per heavy atom. The molecular weight excluding hydrogens is 441 g/mol. The van der Waals surface area contributed by atoms with E-state index in [0.29, 0.717) is 26.2 Å². The van der Waals surface area contributed by atoms with Crippen LogP contribution in [0.1, 0.15) is 0 Å². The molecule has 2 aromatic carbocycles. The van der Waals surface area contributed by atoms with Crippen molar-refractivity contribution in [3.8, 4) is 0 Å². The van der Waals surface area contributed by atoms with E-state index < -0.39 is 15.6 Å². The van der Waals surface area contributed by atoms with Gasteiger partial charge < -0.3 is 4.42 Å². The highest BCUT2D eigenvalue weighted by Crippen LogP contribution is 2.29. The first-order valence-electron chi connectivity index (χ1n) is 6.47. The maximum atomic E-state index is 12.5. The largest absolute Gasteiger partial charge is 0.423 e. The predicted octanol–water partition coefficient (Wildman–Crippen LogP) is 4.66. The van der Waals surface area contributed by atoms with Gasteiger partial charge in [-0.25, -0.2) is 13.2 Å². The van der Waals surface area contributed by atoms with Gasteiger partial charge in [0, 0.05) is 26.6 Å². The summed E-state index contributed by atoms with van der Waals surface area (Å²) in [4.78, 5) is 11.2. The van der Waals surface area contributed by atoms with Crippen LogP contribution in [0.2, 0.25) is 10.0 Å². The van der Waals surface area contributed by atoms with E-state index in [1.54, 1.807) is 6.07 Å². The fourth-order valence-electron chi connectivity index (χ4n) is 2.09. The Labute approximate surface area is 155 Å². The van der Waals surface area contributed by atoms with Gasteiger partial charge in [-0.2, -0.15) is 0 Å². The van der Waals surface area contributed by atoms with Crippen molar-refractivity contribution in [3.05, 3.63) is 67.4 Å². The zero-order chi connectivity index (χ0) is 17.5. The number of rotatable bonds is 3. The third-order valence-electron chi connectivity index (χ3n) is 3.13. The van der Waals surface area contributed by atoms with Gasteiger partial charge in [0.1, 0.15) is 10.5 Å². The van der Waals surface area contributed by atoms with Gasteiger partial charge in [0.05, 0.1) is 5.02 Å². The Bertz CT molecular complexity index is 1110. The van der Waals surface area contributed by atoms with E-state index in [-0.39, 0.29) is 9.92 Å². The highest BCUT2D eigenvalue weighted by molar-refractivity contribution is 9.10. The Morgan fingerprint density at radius 2 is 1.79 bits per heavy atom. The molecule has 0 aliphatic carbocycles. The molecule has 0 saturated carbocycles. The third-order valence-corrected chi connectivity index (χ3v) is 5.88. The first kappa shape index (κ1) is 17.3. The summed E-state index contributed by atoms with van der Waals surface area (Å²) in [5, 5.41) is 0.906. The van der Waals surface area contributed by atoms with Crippen LogP contribution in [-0.2, 0) is 10.0 Å². The summed E-state index contributed by atoms with van der Waals surface area (Å²) < 4.78 is 32.9. The molecule has 1 heterocycles. The SMILES string of the molecule is O=c1cc(Br)c2cc(NS(=O)(=O)c3ccc(Cl)cc3Cl)ccc2o1. The standard InChI is InChI=1S/C15H8BrCl2NO4S/c16-11-7-15(20)23-13-3-2-9(6-10(11)13)19-24(21,22)14-4-1-8(17)5-12(14)18/h1-7,19H. The van der Waals surface area contributed by atoms with Gasteiger partial charge in [-0.05, 0) is 52.3 Å². The van der Waals surface area contributed by atoms with E-state index in [1.165, 1.54) is 36.4 Å². The molecule has 0 fully saturated rings. The Balaban J connectivity index is 2.04. The second kappa shape index (κ2) is 6.40. The number of nitrogens with one attached hydrogen (secondary N) is 1. The van der Waals surface area contributed by atoms with Crippen LogP contribution in [0, 0.1) is 0 Å². The number of sulfonamides is 1. The average Bonchev–Trinajstić information content (AvgIpc) is 2.47. The van der Waals surface area contributed by atoms with Crippen LogP contribution in [0.5, 0.6) is 0 Å². The lowest BCUT2D eigenvalue weighted by molar-refractivity contribution is 0.560.